The van der Waals surface area contributed by atoms with Gasteiger partial charge in [0, 0.05) is 20.6 Å². The maximum Gasteiger partial charge on any atom is 0.263 e. The normalized spacial score (nSPS) is 12.1. The van der Waals surface area contributed by atoms with Crippen molar-refractivity contribution in [2.24, 2.45) is 0 Å². The van der Waals surface area contributed by atoms with Gasteiger partial charge in [-0.15, -0.1) is 0 Å². The van der Waals surface area contributed by atoms with E-state index < -0.39 is 16.1 Å². The third-order valence-electron chi connectivity index (χ3n) is 4.87. The molecule has 0 aliphatic heterocycles. The van der Waals surface area contributed by atoms with Crippen LogP contribution in [0.5, 0.6) is 17.2 Å². The Morgan fingerprint density at radius 1 is 1.00 bits per heavy atom. The average Bonchev–Trinajstić information content (AvgIpc) is 2.76. The van der Waals surface area contributed by atoms with Gasteiger partial charge in [0.1, 0.15) is 5.75 Å². The van der Waals surface area contributed by atoms with Crippen LogP contribution in [0, 0.1) is 0 Å². The quantitative estimate of drug-likeness (QED) is 0.553. The lowest BCUT2D eigenvalue weighted by Crippen LogP contribution is -2.39. The lowest BCUT2D eigenvalue weighted by molar-refractivity contribution is -0.138. The molecule has 1 amide bonds. The molecule has 2 rings (SSSR count). The Hall–Kier alpha value is -2.94. The molecule has 170 valence electrons. The Morgan fingerprint density at radius 2 is 1.61 bits per heavy atom. The molecule has 0 aromatic heterocycles. The minimum Gasteiger partial charge on any atom is -0.493 e. The molecule has 0 saturated carbocycles. The predicted octanol–water partition coefficient (Wildman–Crippen LogP) is 2.92. The lowest BCUT2D eigenvalue weighted by Gasteiger charge is -2.24. The molecular formula is C22H30N2O6S. The number of anilines is 1. The van der Waals surface area contributed by atoms with Crippen LogP contribution in [0.25, 0.3) is 0 Å². The van der Waals surface area contributed by atoms with Crippen LogP contribution in [0.15, 0.2) is 42.5 Å². The van der Waals surface area contributed by atoms with Crippen molar-refractivity contribution in [3.63, 3.8) is 0 Å². The summed E-state index contributed by atoms with van der Waals surface area (Å²) in [6.07, 6.45) is 0.959. The van der Waals surface area contributed by atoms with Crippen molar-refractivity contribution in [2.75, 3.05) is 38.9 Å². The molecule has 0 heterocycles. The van der Waals surface area contributed by atoms with Gasteiger partial charge in [0.05, 0.1) is 26.2 Å². The standard InChI is InChI=1S/C22H30N2O6S/c1-7-19(30-18-11-9-17(10-12-18)24(3)31(6,26)27)22(25)23(2)15-16-8-13-20(28-4)21(14-16)29-5/h8-14,19H,7,15H2,1-6H3/t19-/m1/s1. The van der Waals surface area contributed by atoms with Gasteiger partial charge in [0.15, 0.2) is 17.6 Å². The number of benzene rings is 2. The van der Waals surface area contributed by atoms with Crippen molar-refractivity contribution < 1.29 is 27.4 Å². The molecule has 0 aliphatic rings. The molecule has 1 atom stereocenters. The number of nitrogens with zero attached hydrogens (tertiary/aromatic N) is 2. The zero-order chi connectivity index (χ0) is 23.2. The summed E-state index contributed by atoms with van der Waals surface area (Å²) in [7, 11) is 2.99. The van der Waals surface area contributed by atoms with Crippen LogP contribution < -0.4 is 18.5 Å². The van der Waals surface area contributed by atoms with Gasteiger partial charge in [0.25, 0.3) is 5.91 Å². The van der Waals surface area contributed by atoms with E-state index in [-0.39, 0.29) is 5.91 Å². The Morgan fingerprint density at radius 3 is 2.13 bits per heavy atom. The van der Waals surface area contributed by atoms with Gasteiger partial charge in [-0.2, -0.15) is 0 Å². The van der Waals surface area contributed by atoms with Crippen molar-refractivity contribution in [1.29, 1.82) is 0 Å². The highest BCUT2D eigenvalue weighted by atomic mass is 32.2. The van der Waals surface area contributed by atoms with E-state index in [4.69, 9.17) is 14.2 Å². The minimum absolute atomic E-state index is 0.158. The molecule has 0 fully saturated rings. The number of amides is 1. The van der Waals surface area contributed by atoms with Gasteiger partial charge in [-0.25, -0.2) is 8.42 Å². The second-order valence-corrected chi connectivity index (χ2v) is 9.14. The number of rotatable bonds is 10. The lowest BCUT2D eigenvalue weighted by atomic mass is 10.1. The molecule has 31 heavy (non-hydrogen) atoms. The Kier molecular flexibility index (Phi) is 8.15. The molecule has 0 spiro atoms. The number of likely N-dealkylation sites (N-methyl/N-ethyl adjacent to an activating group) is 1. The number of hydrogen-bond acceptors (Lipinski definition) is 6. The molecule has 2 aromatic carbocycles. The summed E-state index contributed by atoms with van der Waals surface area (Å²) in [6.45, 7) is 2.26. The molecule has 0 radical (unpaired) electrons. The van der Waals surface area contributed by atoms with Gasteiger partial charge in [-0.1, -0.05) is 13.0 Å². The summed E-state index contributed by atoms with van der Waals surface area (Å²) >= 11 is 0. The first-order chi connectivity index (χ1) is 14.6. The first kappa shape index (κ1) is 24.3. The van der Waals surface area contributed by atoms with Gasteiger partial charge in [-0.05, 0) is 48.4 Å². The van der Waals surface area contributed by atoms with E-state index in [0.717, 1.165) is 11.8 Å². The maximum absolute atomic E-state index is 12.9. The molecule has 0 aliphatic carbocycles. The monoisotopic (exact) mass is 450 g/mol. The van der Waals surface area contributed by atoms with Gasteiger partial charge >= 0.3 is 0 Å². The number of ether oxygens (including phenoxy) is 3. The van der Waals surface area contributed by atoms with Crippen molar-refractivity contribution in [3.8, 4) is 17.2 Å². The van der Waals surface area contributed by atoms with Crippen LogP contribution in [0.2, 0.25) is 0 Å². The topological polar surface area (TPSA) is 85.4 Å². The Balaban J connectivity index is 2.07. The fourth-order valence-corrected chi connectivity index (χ4v) is 3.48. The predicted molar refractivity (Wildman–Crippen MR) is 120 cm³/mol. The molecular weight excluding hydrogens is 420 g/mol. The number of methoxy groups -OCH3 is 2. The van der Waals surface area contributed by atoms with E-state index in [1.807, 2.05) is 19.1 Å². The summed E-state index contributed by atoms with van der Waals surface area (Å²) in [4.78, 5) is 14.5. The van der Waals surface area contributed by atoms with Crippen molar-refractivity contribution in [2.45, 2.75) is 26.0 Å². The SMILES string of the molecule is CC[C@@H](Oc1ccc(N(C)S(C)(=O)=O)cc1)C(=O)N(C)Cc1ccc(OC)c(OC)c1. The molecule has 0 bridgehead atoms. The van der Waals surface area contributed by atoms with Crippen LogP contribution in [0.3, 0.4) is 0 Å². The zero-order valence-electron chi connectivity index (χ0n) is 18.8. The minimum atomic E-state index is -3.35. The van der Waals surface area contributed by atoms with Crippen LogP contribution in [0.4, 0.5) is 5.69 Å². The second kappa shape index (κ2) is 10.4. The molecule has 0 saturated heterocycles. The van der Waals surface area contributed by atoms with Crippen LogP contribution in [-0.2, 0) is 21.4 Å². The smallest absolute Gasteiger partial charge is 0.263 e. The van der Waals surface area contributed by atoms with Gasteiger partial charge < -0.3 is 19.1 Å². The summed E-state index contributed by atoms with van der Waals surface area (Å²) in [5.74, 6) is 1.56. The highest BCUT2D eigenvalue weighted by Crippen LogP contribution is 2.28. The number of carbonyl (C=O) groups excluding carboxylic acids is 1. The van der Waals surface area contributed by atoms with Crippen molar-refractivity contribution in [1.82, 2.24) is 4.90 Å². The first-order valence-electron chi connectivity index (χ1n) is 9.77. The maximum atomic E-state index is 12.9. The fraction of sp³-hybridized carbons (Fsp3) is 0.409. The zero-order valence-corrected chi connectivity index (χ0v) is 19.6. The van der Waals surface area contributed by atoms with E-state index >= 15 is 0 Å². The van der Waals surface area contributed by atoms with E-state index in [9.17, 15) is 13.2 Å². The summed E-state index contributed by atoms with van der Waals surface area (Å²) < 4.78 is 40.9. The Labute approximate surface area is 184 Å². The molecule has 8 nitrogen and oxygen atoms in total. The number of carbonyl (C=O) groups is 1. The summed E-state index contributed by atoms with van der Waals surface area (Å²) in [6, 6.07) is 12.1. The Bertz CT molecular complexity index is 992. The van der Waals surface area contributed by atoms with Gasteiger partial charge in [-0.3, -0.25) is 9.10 Å². The molecule has 2 aromatic rings. The third kappa shape index (κ3) is 6.27. The highest BCUT2D eigenvalue weighted by molar-refractivity contribution is 7.92. The molecule has 0 unspecified atom stereocenters. The fourth-order valence-electron chi connectivity index (χ4n) is 2.98. The van der Waals surface area contributed by atoms with Crippen LogP contribution in [0.1, 0.15) is 18.9 Å². The van der Waals surface area contributed by atoms with Crippen LogP contribution >= 0.6 is 0 Å². The van der Waals surface area contributed by atoms with E-state index in [2.05, 4.69) is 0 Å². The van der Waals surface area contributed by atoms with E-state index in [0.29, 0.717) is 35.9 Å². The van der Waals surface area contributed by atoms with E-state index in [1.165, 1.54) is 11.4 Å². The summed E-state index contributed by atoms with van der Waals surface area (Å²) in [5, 5.41) is 0. The van der Waals surface area contributed by atoms with E-state index in [1.54, 1.807) is 56.5 Å². The first-order valence-corrected chi connectivity index (χ1v) is 11.6. The molecule has 0 N–H and O–H groups in total. The average molecular weight is 451 g/mol. The molecule has 9 heteroatoms. The number of hydrogen-bond donors (Lipinski definition) is 0. The highest BCUT2D eigenvalue weighted by Gasteiger charge is 2.23. The van der Waals surface area contributed by atoms with Crippen molar-refractivity contribution in [3.05, 3.63) is 48.0 Å². The van der Waals surface area contributed by atoms with Gasteiger partial charge in [0.2, 0.25) is 10.0 Å². The second-order valence-electron chi connectivity index (χ2n) is 7.12. The third-order valence-corrected chi connectivity index (χ3v) is 6.07. The number of sulfonamides is 1. The summed E-state index contributed by atoms with van der Waals surface area (Å²) in [5.41, 5.74) is 1.41. The van der Waals surface area contributed by atoms with Crippen LogP contribution in [-0.4, -0.2) is 59.9 Å². The largest absolute Gasteiger partial charge is 0.493 e. The van der Waals surface area contributed by atoms with Crippen molar-refractivity contribution >= 4 is 21.6 Å².